The maximum atomic E-state index is 13.7. The van der Waals surface area contributed by atoms with Crippen LogP contribution in [0.15, 0.2) is 18.2 Å². The standard InChI is InChI=1S/C12H13FO2/c1-8-3-4-9(10(13)7-8)12(11(14)15)5-2-6-12/h3-4,7H,2,5-6H2,1H3,(H,14,15). The van der Waals surface area contributed by atoms with E-state index in [1.165, 1.54) is 6.07 Å². The van der Waals surface area contributed by atoms with Gasteiger partial charge in [0.1, 0.15) is 5.82 Å². The van der Waals surface area contributed by atoms with Crippen molar-refractivity contribution in [3.63, 3.8) is 0 Å². The Hall–Kier alpha value is -1.38. The Morgan fingerprint density at radius 2 is 2.13 bits per heavy atom. The SMILES string of the molecule is Cc1ccc(C2(C(=O)O)CCC2)c(F)c1. The summed E-state index contributed by atoms with van der Waals surface area (Å²) >= 11 is 0. The molecule has 0 atom stereocenters. The second-order valence-electron chi connectivity index (χ2n) is 4.22. The molecular formula is C12H13FO2. The number of carbonyl (C=O) groups is 1. The first kappa shape index (κ1) is 10.1. The monoisotopic (exact) mass is 208 g/mol. The van der Waals surface area contributed by atoms with Gasteiger partial charge in [0.05, 0.1) is 5.41 Å². The van der Waals surface area contributed by atoms with Crippen LogP contribution in [0.1, 0.15) is 30.4 Å². The molecular weight excluding hydrogens is 195 g/mol. The Bertz CT molecular complexity index is 408. The number of carboxylic acids is 1. The lowest BCUT2D eigenvalue weighted by atomic mass is 9.64. The van der Waals surface area contributed by atoms with Gasteiger partial charge in [-0.15, -0.1) is 0 Å². The molecule has 80 valence electrons. The molecule has 0 amide bonds. The molecule has 0 unspecified atom stereocenters. The molecule has 1 aliphatic carbocycles. The van der Waals surface area contributed by atoms with E-state index in [0.717, 1.165) is 12.0 Å². The van der Waals surface area contributed by atoms with Crippen molar-refractivity contribution in [1.82, 2.24) is 0 Å². The van der Waals surface area contributed by atoms with Crippen LogP contribution in [0.5, 0.6) is 0 Å². The predicted octanol–water partition coefficient (Wildman–Crippen LogP) is 2.64. The van der Waals surface area contributed by atoms with Gasteiger partial charge in [0.2, 0.25) is 0 Å². The van der Waals surface area contributed by atoms with Crippen LogP contribution in [0, 0.1) is 12.7 Å². The third-order valence-electron chi connectivity index (χ3n) is 3.26. The summed E-state index contributed by atoms with van der Waals surface area (Å²) in [7, 11) is 0. The lowest BCUT2D eigenvalue weighted by Gasteiger charge is -2.38. The van der Waals surface area contributed by atoms with Crippen LogP contribution in [0.4, 0.5) is 4.39 Å². The number of aliphatic carboxylic acids is 1. The van der Waals surface area contributed by atoms with Crippen molar-refractivity contribution in [3.8, 4) is 0 Å². The maximum Gasteiger partial charge on any atom is 0.314 e. The molecule has 0 bridgehead atoms. The van der Waals surface area contributed by atoms with Gasteiger partial charge >= 0.3 is 5.97 Å². The van der Waals surface area contributed by atoms with Crippen molar-refractivity contribution in [2.24, 2.45) is 0 Å². The minimum absolute atomic E-state index is 0.340. The molecule has 1 aromatic carbocycles. The Labute approximate surface area is 87.7 Å². The van der Waals surface area contributed by atoms with Gasteiger partial charge in [-0.3, -0.25) is 4.79 Å². The number of carboxylic acid groups (broad SMARTS) is 1. The van der Waals surface area contributed by atoms with Gasteiger partial charge in [0.15, 0.2) is 0 Å². The summed E-state index contributed by atoms with van der Waals surface area (Å²) < 4.78 is 13.7. The molecule has 0 radical (unpaired) electrons. The van der Waals surface area contributed by atoms with Crippen LogP contribution in [0.3, 0.4) is 0 Å². The highest BCUT2D eigenvalue weighted by atomic mass is 19.1. The smallest absolute Gasteiger partial charge is 0.314 e. The zero-order chi connectivity index (χ0) is 11.1. The third kappa shape index (κ3) is 1.42. The molecule has 15 heavy (non-hydrogen) atoms. The molecule has 2 nitrogen and oxygen atoms in total. The molecule has 0 spiro atoms. The van der Waals surface area contributed by atoms with Gasteiger partial charge in [0, 0.05) is 5.56 Å². The lowest BCUT2D eigenvalue weighted by molar-refractivity contribution is -0.147. The van der Waals surface area contributed by atoms with Gasteiger partial charge in [-0.25, -0.2) is 4.39 Å². The molecule has 3 heteroatoms. The van der Waals surface area contributed by atoms with Gasteiger partial charge in [-0.2, -0.15) is 0 Å². The predicted molar refractivity (Wildman–Crippen MR) is 54.3 cm³/mol. The van der Waals surface area contributed by atoms with Crippen molar-refractivity contribution in [3.05, 3.63) is 35.1 Å². The first-order valence-corrected chi connectivity index (χ1v) is 5.06. The van der Waals surface area contributed by atoms with Crippen LogP contribution in [-0.4, -0.2) is 11.1 Å². The molecule has 1 aromatic rings. The molecule has 1 fully saturated rings. The molecule has 1 aliphatic rings. The number of halogens is 1. The fourth-order valence-electron chi connectivity index (χ4n) is 2.14. The number of aryl methyl sites for hydroxylation is 1. The fourth-order valence-corrected chi connectivity index (χ4v) is 2.14. The minimum Gasteiger partial charge on any atom is -0.481 e. The molecule has 0 aromatic heterocycles. The van der Waals surface area contributed by atoms with Gasteiger partial charge in [0.25, 0.3) is 0 Å². The minimum atomic E-state index is -0.961. The highest BCUT2D eigenvalue weighted by molar-refractivity contribution is 5.82. The number of benzene rings is 1. The van der Waals surface area contributed by atoms with E-state index in [4.69, 9.17) is 5.11 Å². The van der Waals surface area contributed by atoms with E-state index < -0.39 is 17.2 Å². The summed E-state index contributed by atoms with van der Waals surface area (Å²) in [4.78, 5) is 11.2. The van der Waals surface area contributed by atoms with Crippen molar-refractivity contribution >= 4 is 5.97 Å². The van der Waals surface area contributed by atoms with Gasteiger partial charge in [-0.1, -0.05) is 18.6 Å². The first-order valence-electron chi connectivity index (χ1n) is 5.06. The van der Waals surface area contributed by atoms with E-state index in [9.17, 15) is 9.18 Å². The van der Waals surface area contributed by atoms with Crippen LogP contribution in [0.2, 0.25) is 0 Å². The summed E-state index contributed by atoms with van der Waals surface area (Å²) in [6, 6.07) is 4.78. The van der Waals surface area contributed by atoms with Crippen LogP contribution in [0.25, 0.3) is 0 Å². The Balaban J connectivity index is 2.48. The van der Waals surface area contributed by atoms with Gasteiger partial charge in [-0.05, 0) is 31.4 Å². The lowest BCUT2D eigenvalue weighted by Crippen LogP contribution is -2.43. The van der Waals surface area contributed by atoms with E-state index in [1.807, 2.05) is 0 Å². The summed E-state index contributed by atoms with van der Waals surface area (Å²) in [6.07, 6.45) is 1.95. The normalized spacial score (nSPS) is 18.3. The summed E-state index contributed by atoms with van der Waals surface area (Å²) in [5.41, 5.74) is 0.195. The van der Waals surface area contributed by atoms with E-state index >= 15 is 0 Å². The van der Waals surface area contributed by atoms with Crippen molar-refractivity contribution < 1.29 is 14.3 Å². The van der Waals surface area contributed by atoms with E-state index in [-0.39, 0.29) is 0 Å². The number of hydrogen-bond donors (Lipinski definition) is 1. The van der Waals surface area contributed by atoms with Crippen LogP contribution < -0.4 is 0 Å². The average molecular weight is 208 g/mol. The molecule has 0 saturated heterocycles. The van der Waals surface area contributed by atoms with Crippen LogP contribution >= 0.6 is 0 Å². The highest BCUT2D eigenvalue weighted by Crippen LogP contribution is 2.44. The zero-order valence-corrected chi connectivity index (χ0v) is 8.59. The Morgan fingerprint density at radius 3 is 2.53 bits per heavy atom. The van der Waals surface area contributed by atoms with Crippen molar-refractivity contribution in [2.75, 3.05) is 0 Å². The second kappa shape index (κ2) is 3.33. The van der Waals surface area contributed by atoms with E-state index in [0.29, 0.717) is 18.4 Å². The van der Waals surface area contributed by atoms with E-state index in [2.05, 4.69) is 0 Å². The topological polar surface area (TPSA) is 37.3 Å². The number of rotatable bonds is 2. The molecule has 2 rings (SSSR count). The van der Waals surface area contributed by atoms with Gasteiger partial charge < -0.3 is 5.11 Å². The number of hydrogen-bond acceptors (Lipinski definition) is 1. The largest absolute Gasteiger partial charge is 0.481 e. The third-order valence-corrected chi connectivity index (χ3v) is 3.26. The van der Waals surface area contributed by atoms with E-state index in [1.54, 1.807) is 19.1 Å². The molecule has 1 N–H and O–H groups in total. The fraction of sp³-hybridized carbons (Fsp3) is 0.417. The molecule has 1 saturated carbocycles. The van der Waals surface area contributed by atoms with Crippen molar-refractivity contribution in [2.45, 2.75) is 31.6 Å². The average Bonchev–Trinajstić information content (AvgIpc) is 2.05. The summed E-state index contributed by atoms with van der Waals surface area (Å²) in [5, 5.41) is 9.16. The second-order valence-corrected chi connectivity index (χ2v) is 4.22. The Morgan fingerprint density at radius 1 is 1.47 bits per heavy atom. The zero-order valence-electron chi connectivity index (χ0n) is 8.59. The van der Waals surface area contributed by atoms with Crippen LogP contribution in [-0.2, 0) is 10.2 Å². The highest BCUT2D eigenvalue weighted by Gasteiger charge is 2.47. The summed E-state index contributed by atoms with van der Waals surface area (Å²) in [6.45, 7) is 1.79. The summed E-state index contributed by atoms with van der Waals surface area (Å²) in [5.74, 6) is -1.30. The molecule has 0 heterocycles. The molecule has 0 aliphatic heterocycles. The maximum absolute atomic E-state index is 13.7. The quantitative estimate of drug-likeness (QED) is 0.811. The van der Waals surface area contributed by atoms with Crippen molar-refractivity contribution in [1.29, 1.82) is 0 Å². The first-order chi connectivity index (χ1) is 7.06. The Kier molecular flexibility index (Phi) is 2.25.